The van der Waals surface area contributed by atoms with Crippen molar-refractivity contribution in [3.63, 3.8) is 0 Å². The Morgan fingerprint density at radius 3 is 1.81 bits per heavy atom. The summed E-state index contributed by atoms with van der Waals surface area (Å²) in [6.45, 7) is 2.25. The number of rotatable bonds is 16. The summed E-state index contributed by atoms with van der Waals surface area (Å²) in [5.74, 6) is -1.36. The van der Waals surface area contributed by atoms with Crippen molar-refractivity contribution in [1.29, 1.82) is 0 Å². The first-order chi connectivity index (χ1) is 13.2. The molecule has 1 fully saturated rings. The summed E-state index contributed by atoms with van der Waals surface area (Å²) in [6.07, 6.45) is 22.3. The van der Waals surface area contributed by atoms with Crippen molar-refractivity contribution in [3.05, 3.63) is 12.2 Å². The summed E-state index contributed by atoms with van der Waals surface area (Å²) in [5, 5.41) is 0. The Morgan fingerprint density at radius 2 is 1.26 bits per heavy atom. The van der Waals surface area contributed by atoms with Gasteiger partial charge in [-0.3, -0.25) is 14.4 Å². The first-order valence-electron chi connectivity index (χ1n) is 11.4. The molecule has 0 saturated heterocycles. The van der Waals surface area contributed by atoms with E-state index >= 15 is 0 Å². The molecule has 1 aliphatic carbocycles. The van der Waals surface area contributed by atoms with Crippen molar-refractivity contribution in [3.8, 4) is 0 Å². The van der Waals surface area contributed by atoms with Gasteiger partial charge in [-0.1, -0.05) is 70.4 Å². The predicted molar refractivity (Wildman–Crippen MR) is 112 cm³/mol. The van der Waals surface area contributed by atoms with Crippen LogP contribution < -0.4 is 0 Å². The summed E-state index contributed by atoms with van der Waals surface area (Å²) >= 11 is 0. The molecule has 154 valence electrons. The van der Waals surface area contributed by atoms with E-state index in [-0.39, 0.29) is 17.3 Å². The summed E-state index contributed by atoms with van der Waals surface area (Å²) in [4.78, 5) is 35.6. The summed E-state index contributed by atoms with van der Waals surface area (Å²) in [6, 6.07) is 0. The number of hydrogen-bond acceptors (Lipinski definition) is 3. The number of carbonyl (C=O) groups excluding carboxylic acids is 3. The van der Waals surface area contributed by atoms with Crippen LogP contribution in [0.3, 0.4) is 0 Å². The Bertz CT molecular complexity index is 448. The van der Waals surface area contributed by atoms with Crippen molar-refractivity contribution >= 4 is 17.3 Å². The molecule has 0 unspecified atom stereocenters. The maximum Gasteiger partial charge on any atom is 0.150 e. The lowest BCUT2D eigenvalue weighted by molar-refractivity contribution is -0.142. The van der Waals surface area contributed by atoms with E-state index in [9.17, 15) is 14.4 Å². The molecule has 0 bridgehead atoms. The van der Waals surface area contributed by atoms with E-state index in [4.69, 9.17) is 0 Å². The number of Topliss-reactive ketones (excluding diaryl/α,β-unsaturated/α-hetero) is 3. The maximum atomic E-state index is 12.1. The zero-order valence-corrected chi connectivity index (χ0v) is 17.5. The van der Waals surface area contributed by atoms with Gasteiger partial charge in [-0.25, -0.2) is 0 Å². The van der Waals surface area contributed by atoms with Crippen LogP contribution in [0, 0.1) is 5.92 Å². The minimum absolute atomic E-state index is 0.137. The fraction of sp³-hybridized carbons (Fsp3) is 0.792. The zero-order chi connectivity index (χ0) is 19.7. The molecule has 0 aromatic rings. The minimum Gasteiger partial charge on any atom is -0.298 e. The Labute approximate surface area is 166 Å². The van der Waals surface area contributed by atoms with Gasteiger partial charge in [-0.05, 0) is 38.5 Å². The maximum absolute atomic E-state index is 12.1. The van der Waals surface area contributed by atoms with Gasteiger partial charge in [0.1, 0.15) is 5.92 Å². The van der Waals surface area contributed by atoms with E-state index in [2.05, 4.69) is 19.1 Å². The highest BCUT2D eigenvalue weighted by Crippen LogP contribution is 2.20. The van der Waals surface area contributed by atoms with Crippen molar-refractivity contribution < 1.29 is 14.4 Å². The van der Waals surface area contributed by atoms with Crippen LogP contribution in [0.4, 0.5) is 0 Å². The van der Waals surface area contributed by atoms with Crippen LogP contribution in [-0.2, 0) is 14.4 Å². The van der Waals surface area contributed by atoms with Gasteiger partial charge in [0.15, 0.2) is 17.3 Å². The highest BCUT2D eigenvalue weighted by atomic mass is 16.2. The van der Waals surface area contributed by atoms with E-state index < -0.39 is 5.92 Å². The normalized spacial score (nSPS) is 15.7. The van der Waals surface area contributed by atoms with Crippen molar-refractivity contribution in [2.45, 2.75) is 116 Å². The fourth-order valence-electron chi connectivity index (χ4n) is 3.78. The quantitative estimate of drug-likeness (QED) is 0.175. The second-order valence-corrected chi connectivity index (χ2v) is 8.02. The van der Waals surface area contributed by atoms with E-state index in [0.29, 0.717) is 25.7 Å². The molecule has 3 nitrogen and oxygen atoms in total. The first kappa shape index (κ1) is 23.8. The molecule has 27 heavy (non-hydrogen) atoms. The number of hydrogen-bond donors (Lipinski definition) is 0. The van der Waals surface area contributed by atoms with Crippen molar-refractivity contribution in [2.75, 3.05) is 0 Å². The predicted octanol–water partition coefficient (Wildman–Crippen LogP) is 6.53. The van der Waals surface area contributed by atoms with E-state index in [0.717, 1.165) is 25.7 Å². The molecule has 0 spiro atoms. The third-order valence-electron chi connectivity index (χ3n) is 5.50. The Hall–Kier alpha value is -1.25. The van der Waals surface area contributed by atoms with E-state index in [1.54, 1.807) is 0 Å². The molecular formula is C24H40O3. The van der Waals surface area contributed by atoms with Gasteiger partial charge in [-0.2, -0.15) is 0 Å². The molecule has 0 N–H and O–H groups in total. The monoisotopic (exact) mass is 376 g/mol. The summed E-state index contributed by atoms with van der Waals surface area (Å²) in [5.41, 5.74) is 0. The second-order valence-electron chi connectivity index (χ2n) is 8.02. The van der Waals surface area contributed by atoms with Gasteiger partial charge >= 0.3 is 0 Å². The topological polar surface area (TPSA) is 51.2 Å². The lowest BCUT2D eigenvalue weighted by Crippen LogP contribution is -2.35. The summed E-state index contributed by atoms with van der Waals surface area (Å²) in [7, 11) is 0. The van der Waals surface area contributed by atoms with Gasteiger partial charge in [0.2, 0.25) is 0 Å². The molecule has 1 saturated carbocycles. The molecule has 3 heteroatoms. The third-order valence-corrected chi connectivity index (χ3v) is 5.50. The molecule has 0 heterocycles. The van der Waals surface area contributed by atoms with Crippen molar-refractivity contribution in [1.82, 2.24) is 0 Å². The number of unbranched alkanes of at least 4 members (excludes halogenated alkanes) is 11. The molecule has 0 aromatic heterocycles. The number of allylic oxidation sites excluding steroid dienone is 2. The van der Waals surface area contributed by atoms with Gasteiger partial charge < -0.3 is 0 Å². The smallest absolute Gasteiger partial charge is 0.150 e. The Kier molecular flexibility index (Phi) is 13.9. The lowest BCUT2D eigenvalue weighted by atomic mass is 9.82. The molecule has 1 rings (SSSR count). The largest absolute Gasteiger partial charge is 0.298 e. The highest BCUT2D eigenvalue weighted by molar-refractivity contribution is 6.20. The average Bonchev–Trinajstić information content (AvgIpc) is 2.64. The lowest BCUT2D eigenvalue weighted by Gasteiger charge is -2.17. The van der Waals surface area contributed by atoms with Crippen LogP contribution in [0.1, 0.15) is 116 Å². The SMILES string of the molecule is CCCCCCCCC=CCCCCCCCC(=O)C1C(=O)CCCC1=O. The minimum atomic E-state index is -0.921. The molecule has 0 atom stereocenters. The van der Waals surface area contributed by atoms with Crippen LogP contribution in [0.2, 0.25) is 0 Å². The molecule has 0 amide bonds. The van der Waals surface area contributed by atoms with Crippen LogP contribution in [0.25, 0.3) is 0 Å². The Balaban J connectivity index is 1.91. The average molecular weight is 377 g/mol. The summed E-state index contributed by atoms with van der Waals surface area (Å²) < 4.78 is 0. The van der Waals surface area contributed by atoms with Crippen LogP contribution in [-0.4, -0.2) is 17.3 Å². The second kappa shape index (κ2) is 15.8. The molecule has 0 aromatic carbocycles. The fourth-order valence-corrected chi connectivity index (χ4v) is 3.78. The van der Waals surface area contributed by atoms with E-state index in [1.807, 2.05) is 0 Å². The Morgan fingerprint density at radius 1 is 0.778 bits per heavy atom. The van der Waals surface area contributed by atoms with Crippen LogP contribution >= 0.6 is 0 Å². The molecule has 0 aliphatic heterocycles. The number of carbonyl (C=O) groups is 3. The van der Waals surface area contributed by atoms with Gasteiger partial charge in [0.05, 0.1) is 0 Å². The number of ketones is 3. The van der Waals surface area contributed by atoms with Crippen LogP contribution in [0.15, 0.2) is 12.2 Å². The molecule has 1 aliphatic rings. The standard InChI is InChI=1S/C24H40O3/c1-2-3-4-5-6-7-8-9-10-11-12-13-14-15-16-18-21(25)24-22(26)19-17-20-23(24)27/h9-10,24H,2-8,11-20H2,1H3. The zero-order valence-electron chi connectivity index (χ0n) is 17.5. The molecule has 0 radical (unpaired) electrons. The highest BCUT2D eigenvalue weighted by Gasteiger charge is 2.34. The van der Waals surface area contributed by atoms with Crippen LogP contribution in [0.5, 0.6) is 0 Å². The van der Waals surface area contributed by atoms with Gasteiger partial charge in [0, 0.05) is 19.3 Å². The third kappa shape index (κ3) is 11.2. The van der Waals surface area contributed by atoms with Gasteiger partial charge in [-0.15, -0.1) is 0 Å². The first-order valence-corrected chi connectivity index (χ1v) is 11.4. The molecular weight excluding hydrogens is 336 g/mol. The van der Waals surface area contributed by atoms with Crippen molar-refractivity contribution in [2.24, 2.45) is 5.92 Å². The van der Waals surface area contributed by atoms with E-state index in [1.165, 1.54) is 57.8 Å². The van der Waals surface area contributed by atoms with Gasteiger partial charge in [0.25, 0.3) is 0 Å².